The number of thiazole rings is 1. The van der Waals surface area contributed by atoms with Crippen LogP contribution >= 0.6 is 23.1 Å². The van der Waals surface area contributed by atoms with E-state index >= 15 is 0 Å². The van der Waals surface area contributed by atoms with Crippen LogP contribution in [0.1, 0.15) is 17.3 Å². The number of terminal acetylenes is 1. The van der Waals surface area contributed by atoms with E-state index in [1.807, 2.05) is 34.9 Å². The highest BCUT2D eigenvalue weighted by molar-refractivity contribution is 7.99. The molecule has 28 heavy (non-hydrogen) atoms. The summed E-state index contributed by atoms with van der Waals surface area (Å²) in [4.78, 5) is 18.7. The molecular formula is C21H20N2O3S2. The zero-order valence-electron chi connectivity index (χ0n) is 15.9. The van der Waals surface area contributed by atoms with Crippen LogP contribution in [0.15, 0.2) is 46.3 Å². The van der Waals surface area contributed by atoms with E-state index in [-0.39, 0.29) is 5.91 Å². The average Bonchev–Trinajstić information content (AvgIpc) is 3.03. The van der Waals surface area contributed by atoms with Gasteiger partial charge in [0.05, 0.1) is 31.0 Å². The van der Waals surface area contributed by atoms with Crippen molar-refractivity contribution in [2.24, 2.45) is 4.99 Å². The quantitative estimate of drug-likeness (QED) is 0.450. The summed E-state index contributed by atoms with van der Waals surface area (Å²) in [5, 5.41) is 0. The SMILES string of the molecule is C#CCn1c(=NC(=O)c2cccc(SCC)c2)sc2cc(OC)c(OC)cc21. The molecule has 0 N–H and O–H groups in total. The molecule has 0 saturated heterocycles. The van der Waals surface area contributed by atoms with Crippen LogP contribution in [0, 0.1) is 12.3 Å². The lowest BCUT2D eigenvalue weighted by atomic mass is 10.2. The minimum Gasteiger partial charge on any atom is -0.493 e. The van der Waals surface area contributed by atoms with E-state index in [2.05, 4.69) is 17.8 Å². The third-order valence-electron chi connectivity index (χ3n) is 4.03. The number of fused-ring (bicyclic) bond motifs is 1. The summed E-state index contributed by atoms with van der Waals surface area (Å²) >= 11 is 3.07. The fourth-order valence-corrected chi connectivity index (χ4v) is 4.52. The Hall–Kier alpha value is -2.69. The van der Waals surface area contributed by atoms with Crippen LogP contribution in [0.3, 0.4) is 0 Å². The minimum absolute atomic E-state index is 0.296. The van der Waals surface area contributed by atoms with Gasteiger partial charge in [0.1, 0.15) is 0 Å². The first kappa shape index (κ1) is 20.1. The Balaban J connectivity index is 2.13. The van der Waals surface area contributed by atoms with Gasteiger partial charge in [0.2, 0.25) is 0 Å². The smallest absolute Gasteiger partial charge is 0.279 e. The fraction of sp³-hybridized carbons (Fsp3) is 0.238. The summed E-state index contributed by atoms with van der Waals surface area (Å²) < 4.78 is 13.5. The lowest BCUT2D eigenvalue weighted by Crippen LogP contribution is -2.16. The second-order valence-electron chi connectivity index (χ2n) is 5.73. The first-order valence-electron chi connectivity index (χ1n) is 8.62. The van der Waals surface area contributed by atoms with Crippen LogP contribution in [-0.2, 0) is 6.54 Å². The molecule has 0 aliphatic carbocycles. The van der Waals surface area contributed by atoms with Gasteiger partial charge in [-0.2, -0.15) is 4.99 Å². The molecule has 144 valence electrons. The summed E-state index contributed by atoms with van der Waals surface area (Å²) in [5.74, 6) is 4.49. The molecule has 0 saturated carbocycles. The van der Waals surface area contributed by atoms with E-state index < -0.39 is 0 Å². The van der Waals surface area contributed by atoms with Crippen molar-refractivity contribution in [3.63, 3.8) is 0 Å². The highest BCUT2D eigenvalue weighted by Gasteiger charge is 2.13. The Morgan fingerprint density at radius 1 is 1.25 bits per heavy atom. The van der Waals surface area contributed by atoms with E-state index in [4.69, 9.17) is 15.9 Å². The van der Waals surface area contributed by atoms with Crippen molar-refractivity contribution in [3.8, 4) is 23.8 Å². The summed E-state index contributed by atoms with van der Waals surface area (Å²) in [7, 11) is 3.17. The Morgan fingerprint density at radius 2 is 2.00 bits per heavy atom. The van der Waals surface area contributed by atoms with Crippen molar-refractivity contribution in [1.29, 1.82) is 0 Å². The van der Waals surface area contributed by atoms with Crippen LogP contribution in [0.5, 0.6) is 11.5 Å². The maximum absolute atomic E-state index is 12.8. The van der Waals surface area contributed by atoms with Crippen molar-refractivity contribution in [2.75, 3.05) is 20.0 Å². The molecular weight excluding hydrogens is 392 g/mol. The van der Waals surface area contributed by atoms with Crippen molar-refractivity contribution in [1.82, 2.24) is 4.57 Å². The molecule has 0 fully saturated rings. The molecule has 0 spiro atoms. The van der Waals surface area contributed by atoms with Crippen LogP contribution in [0.2, 0.25) is 0 Å². The van der Waals surface area contributed by atoms with Gasteiger partial charge >= 0.3 is 0 Å². The Labute approximate surface area is 172 Å². The van der Waals surface area contributed by atoms with Gasteiger partial charge in [0, 0.05) is 22.6 Å². The fourth-order valence-electron chi connectivity index (χ4n) is 2.76. The predicted molar refractivity (Wildman–Crippen MR) is 114 cm³/mol. The number of carbonyl (C=O) groups excluding carboxylic acids is 1. The van der Waals surface area contributed by atoms with E-state index in [0.717, 1.165) is 20.9 Å². The Bertz CT molecular complexity index is 1120. The number of nitrogens with zero attached hydrogens (tertiary/aromatic N) is 2. The van der Waals surface area contributed by atoms with E-state index in [9.17, 15) is 4.79 Å². The molecule has 1 aromatic heterocycles. The highest BCUT2D eigenvalue weighted by atomic mass is 32.2. The maximum Gasteiger partial charge on any atom is 0.279 e. The number of carbonyl (C=O) groups is 1. The van der Waals surface area contributed by atoms with Gasteiger partial charge in [-0.25, -0.2) is 0 Å². The highest BCUT2D eigenvalue weighted by Crippen LogP contribution is 2.33. The molecule has 3 rings (SSSR count). The molecule has 3 aromatic rings. The van der Waals surface area contributed by atoms with Crippen LogP contribution < -0.4 is 14.3 Å². The first-order valence-corrected chi connectivity index (χ1v) is 10.4. The molecule has 0 aliphatic heterocycles. The molecule has 0 radical (unpaired) electrons. The number of hydrogen-bond donors (Lipinski definition) is 0. The lowest BCUT2D eigenvalue weighted by molar-refractivity contribution is 0.0997. The number of methoxy groups -OCH3 is 2. The summed E-state index contributed by atoms with van der Waals surface area (Å²) in [6, 6.07) is 11.2. The van der Waals surface area contributed by atoms with Gasteiger partial charge in [-0.1, -0.05) is 30.2 Å². The third kappa shape index (κ3) is 4.08. The summed E-state index contributed by atoms with van der Waals surface area (Å²) in [6.45, 7) is 2.37. The zero-order valence-corrected chi connectivity index (χ0v) is 17.5. The monoisotopic (exact) mass is 412 g/mol. The number of hydrogen-bond acceptors (Lipinski definition) is 5. The van der Waals surface area contributed by atoms with Gasteiger partial charge in [0.15, 0.2) is 16.3 Å². The van der Waals surface area contributed by atoms with Gasteiger partial charge in [0.25, 0.3) is 5.91 Å². The maximum atomic E-state index is 12.8. The van der Waals surface area contributed by atoms with Crippen LogP contribution in [-0.4, -0.2) is 30.4 Å². The van der Waals surface area contributed by atoms with Crippen molar-refractivity contribution >= 4 is 39.2 Å². The average molecular weight is 413 g/mol. The van der Waals surface area contributed by atoms with Gasteiger partial charge < -0.3 is 14.0 Å². The van der Waals surface area contributed by atoms with Crippen molar-refractivity contribution in [2.45, 2.75) is 18.4 Å². The first-order chi connectivity index (χ1) is 13.6. The number of ether oxygens (including phenoxy) is 2. The number of benzene rings is 2. The molecule has 7 heteroatoms. The molecule has 1 heterocycles. The van der Waals surface area contributed by atoms with Crippen molar-refractivity contribution in [3.05, 3.63) is 46.8 Å². The zero-order chi connectivity index (χ0) is 20.1. The number of rotatable bonds is 6. The number of aromatic nitrogens is 1. The number of thioether (sulfide) groups is 1. The molecule has 1 amide bonds. The van der Waals surface area contributed by atoms with E-state index in [0.29, 0.717) is 28.4 Å². The molecule has 0 unspecified atom stereocenters. The second kappa shape index (κ2) is 9.00. The molecule has 5 nitrogen and oxygen atoms in total. The Kier molecular flexibility index (Phi) is 6.45. The topological polar surface area (TPSA) is 52.8 Å². The van der Waals surface area contributed by atoms with E-state index in [1.165, 1.54) is 11.3 Å². The minimum atomic E-state index is -0.296. The molecule has 0 bridgehead atoms. The Morgan fingerprint density at radius 3 is 2.68 bits per heavy atom. The largest absolute Gasteiger partial charge is 0.493 e. The summed E-state index contributed by atoms with van der Waals surface area (Å²) in [5.41, 5.74) is 1.40. The van der Waals surface area contributed by atoms with E-state index in [1.54, 1.807) is 32.0 Å². The van der Waals surface area contributed by atoms with Gasteiger partial charge in [-0.15, -0.1) is 18.2 Å². The summed E-state index contributed by atoms with van der Waals surface area (Å²) in [6.07, 6.45) is 5.55. The molecule has 0 aliphatic rings. The van der Waals surface area contributed by atoms with Crippen LogP contribution in [0.25, 0.3) is 10.2 Å². The molecule has 0 atom stereocenters. The van der Waals surface area contributed by atoms with Crippen LogP contribution in [0.4, 0.5) is 0 Å². The normalized spacial score (nSPS) is 11.4. The lowest BCUT2D eigenvalue weighted by Gasteiger charge is -2.08. The molecule has 2 aromatic carbocycles. The third-order valence-corrected chi connectivity index (χ3v) is 5.94. The predicted octanol–water partition coefficient (Wildman–Crippen LogP) is 4.21. The van der Waals surface area contributed by atoms with Gasteiger partial charge in [-0.05, 0) is 24.0 Å². The standard InChI is InChI=1S/C21H20N2O3S2/c1-5-10-23-16-12-17(25-3)18(26-4)13-19(16)28-21(23)22-20(24)14-8-7-9-15(11-14)27-6-2/h1,7-9,11-13H,6,10H2,2-4H3. The second-order valence-corrected chi connectivity index (χ2v) is 8.07. The number of amides is 1. The van der Waals surface area contributed by atoms with Crippen molar-refractivity contribution < 1.29 is 14.3 Å². The van der Waals surface area contributed by atoms with Gasteiger partial charge in [-0.3, -0.25) is 4.79 Å².